The van der Waals surface area contributed by atoms with Gasteiger partial charge in [-0.2, -0.15) is 5.26 Å². The van der Waals surface area contributed by atoms with E-state index in [2.05, 4.69) is 0 Å². The van der Waals surface area contributed by atoms with Crippen molar-refractivity contribution < 1.29 is 4.79 Å². The molecular formula is C10H8ClNO. The maximum atomic E-state index is 10.8. The lowest BCUT2D eigenvalue weighted by atomic mass is 10.1. The summed E-state index contributed by atoms with van der Waals surface area (Å²) in [5, 5.41) is 8.99. The molecule has 0 heterocycles. The Labute approximate surface area is 81.7 Å². The molecule has 0 aromatic heterocycles. The molecule has 0 fully saturated rings. The van der Waals surface area contributed by atoms with E-state index < -0.39 is 0 Å². The van der Waals surface area contributed by atoms with Crippen LogP contribution in [0.2, 0.25) is 5.02 Å². The molecule has 0 saturated heterocycles. The Bertz CT molecular complexity index is 379. The second kappa shape index (κ2) is 4.06. The monoisotopic (exact) mass is 193 g/mol. The van der Waals surface area contributed by atoms with Crippen molar-refractivity contribution >= 4 is 17.4 Å². The summed E-state index contributed by atoms with van der Waals surface area (Å²) in [6.45, 7) is 1.52. The summed E-state index contributed by atoms with van der Waals surface area (Å²) < 4.78 is 0. The number of hydrogen-bond acceptors (Lipinski definition) is 2. The SMILES string of the molecule is CC(=O)Cc1ccc(C#N)c(Cl)c1. The van der Waals surface area contributed by atoms with Crippen LogP contribution in [-0.2, 0) is 11.2 Å². The maximum Gasteiger partial charge on any atom is 0.134 e. The van der Waals surface area contributed by atoms with Crippen LogP contribution in [0.5, 0.6) is 0 Å². The molecule has 0 unspecified atom stereocenters. The summed E-state index contributed by atoms with van der Waals surface area (Å²) in [6, 6.07) is 6.98. The molecule has 1 aromatic carbocycles. The Kier molecular flexibility index (Phi) is 3.05. The third-order valence-electron chi connectivity index (χ3n) is 1.61. The van der Waals surface area contributed by atoms with Gasteiger partial charge in [0.05, 0.1) is 10.6 Å². The zero-order chi connectivity index (χ0) is 9.84. The molecule has 0 bridgehead atoms. The van der Waals surface area contributed by atoms with E-state index in [4.69, 9.17) is 16.9 Å². The van der Waals surface area contributed by atoms with Crippen molar-refractivity contribution in [3.8, 4) is 6.07 Å². The van der Waals surface area contributed by atoms with E-state index in [1.54, 1.807) is 18.2 Å². The Morgan fingerprint density at radius 3 is 2.77 bits per heavy atom. The first-order valence-corrected chi connectivity index (χ1v) is 4.19. The van der Waals surface area contributed by atoms with Gasteiger partial charge in [-0.05, 0) is 24.6 Å². The van der Waals surface area contributed by atoms with Gasteiger partial charge in [0.15, 0.2) is 0 Å². The van der Waals surface area contributed by atoms with Gasteiger partial charge in [0.25, 0.3) is 0 Å². The van der Waals surface area contributed by atoms with E-state index in [-0.39, 0.29) is 5.78 Å². The fraction of sp³-hybridized carbons (Fsp3) is 0.200. The van der Waals surface area contributed by atoms with E-state index in [0.717, 1.165) is 5.56 Å². The van der Waals surface area contributed by atoms with E-state index in [9.17, 15) is 4.79 Å². The van der Waals surface area contributed by atoms with Gasteiger partial charge in [0.2, 0.25) is 0 Å². The zero-order valence-corrected chi connectivity index (χ0v) is 7.93. The van der Waals surface area contributed by atoms with Crippen molar-refractivity contribution in [1.29, 1.82) is 5.26 Å². The summed E-state index contributed by atoms with van der Waals surface area (Å²) in [5.74, 6) is 0.0841. The van der Waals surface area contributed by atoms with Gasteiger partial charge >= 0.3 is 0 Å². The number of nitriles is 1. The molecule has 0 atom stereocenters. The first-order chi connectivity index (χ1) is 6.13. The average molecular weight is 194 g/mol. The standard InChI is InChI=1S/C10H8ClNO/c1-7(13)4-8-2-3-9(6-12)10(11)5-8/h2-3,5H,4H2,1H3. The van der Waals surface area contributed by atoms with Gasteiger partial charge in [-0.3, -0.25) is 4.79 Å². The normalized spacial score (nSPS) is 9.31. The lowest BCUT2D eigenvalue weighted by molar-refractivity contribution is -0.116. The zero-order valence-electron chi connectivity index (χ0n) is 7.17. The largest absolute Gasteiger partial charge is 0.300 e. The highest BCUT2D eigenvalue weighted by Gasteiger charge is 2.02. The molecule has 1 aromatic rings. The van der Waals surface area contributed by atoms with Crippen molar-refractivity contribution in [3.05, 3.63) is 34.3 Å². The Hall–Kier alpha value is -1.33. The fourth-order valence-corrected chi connectivity index (χ4v) is 1.29. The van der Waals surface area contributed by atoms with Crippen LogP contribution < -0.4 is 0 Å². The quantitative estimate of drug-likeness (QED) is 0.724. The maximum absolute atomic E-state index is 10.8. The smallest absolute Gasteiger partial charge is 0.134 e. The van der Waals surface area contributed by atoms with Crippen molar-refractivity contribution in [3.63, 3.8) is 0 Å². The first-order valence-electron chi connectivity index (χ1n) is 3.81. The fourth-order valence-electron chi connectivity index (χ4n) is 1.05. The van der Waals surface area contributed by atoms with Crippen LogP contribution in [-0.4, -0.2) is 5.78 Å². The van der Waals surface area contributed by atoms with E-state index in [1.165, 1.54) is 6.92 Å². The number of nitrogens with zero attached hydrogens (tertiary/aromatic N) is 1. The molecular weight excluding hydrogens is 186 g/mol. The summed E-state index contributed by atoms with van der Waals surface area (Å²) in [5.41, 5.74) is 1.28. The second-order valence-corrected chi connectivity index (χ2v) is 3.21. The van der Waals surface area contributed by atoms with Crippen molar-refractivity contribution in [2.75, 3.05) is 0 Å². The Morgan fingerprint density at radius 1 is 1.62 bits per heavy atom. The van der Waals surface area contributed by atoms with Gasteiger partial charge in [-0.15, -0.1) is 0 Å². The minimum atomic E-state index is 0.0841. The number of halogens is 1. The Balaban J connectivity index is 2.97. The molecule has 0 saturated carbocycles. The van der Waals surface area contributed by atoms with Crippen molar-refractivity contribution in [1.82, 2.24) is 0 Å². The summed E-state index contributed by atoms with van der Waals surface area (Å²) >= 11 is 5.78. The van der Waals surface area contributed by atoms with Crippen LogP contribution in [0.25, 0.3) is 0 Å². The highest BCUT2D eigenvalue weighted by molar-refractivity contribution is 6.31. The molecule has 3 heteroatoms. The van der Waals surface area contributed by atoms with Crippen molar-refractivity contribution in [2.24, 2.45) is 0 Å². The second-order valence-electron chi connectivity index (χ2n) is 2.80. The van der Waals surface area contributed by atoms with E-state index in [1.807, 2.05) is 6.07 Å². The highest BCUT2D eigenvalue weighted by Crippen LogP contribution is 2.17. The number of benzene rings is 1. The number of carbonyl (C=O) groups excluding carboxylic acids is 1. The van der Waals surface area contributed by atoms with Crippen LogP contribution in [0.3, 0.4) is 0 Å². The van der Waals surface area contributed by atoms with Crippen LogP contribution in [0.4, 0.5) is 0 Å². The Morgan fingerprint density at radius 2 is 2.31 bits per heavy atom. The van der Waals surface area contributed by atoms with Crippen LogP contribution in [0.1, 0.15) is 18.1 Å². The lowest BCUT2D eigenvalue weighted by Crippen LogP contribution is -1.96. The average Bonchev–Trinajstić information content (AvgIpc) is 2.03. The minimum absolute atomic E-state index is 0.0841. The number of hydrogen-bond donors (Lipinski definition) is 0. The van der Waals surface area contributed by atoms with Gasteiger partial charge in [-0.1, -0.05) is 17.7 Å². The molecule has 0 amide bonds. The van der Waals surface area contributed by atoms with Crippen molar-refractivity contribution in [2.45, 2.75) is 13.3 Å². The lowest BCUT2D eigenvalue weighted by Gasteiger charge is -1.99. The molecule has 0 aliphatic carbocycles. The highest BCUT2D eigenvalue weighted by atomic mass is 35.5. The van der Waals surface area contributed by atoms with Gasteiger partial charge < -0.3 is 0 Å². The molecule has 0 aliphatic rings. The van der Waals surface area contributed by atoms with E-state index in [0.29, 0.717) is 17.0 Å². The van der Waals surface area contributed by atoms with Crippen LogP contribution in [0.15, 0.2) is 18.2 Å². The molecule has 1 rings (SSSR count). The molecule has 0 spiro atoms. The topological polar surface area (TPSA) is 40.9 Å². The third-order valence-corrected chi connectivity index (χ3v) is 1.92. The number of Topliss-reactive ketones (excluding diaryl/α,β-unsaturated/α-hetero) is 1. The predicted molar refractivity (Wildman–Crippen MR) is 50.6 cm³/mol. The molecule has 66 valence electrons. The number of rotatable bonds is 2. The van der Waals surface area contributed by atoms with Gasteiger partial charge in [0.1, 0.15) is 11.9 Å². The minimum Gasteiger partial charge on any atom is -0.300 e. The molecule has 0 radical (unpaired) electrons. The predicted octanol–water partition coefficient (Wildman–Crippen LogP) is 2.34. The molecule has 13 heavy (non-hydrogen) atoms. The number of ketones is 1. The van der Waals surface area contributed by atoms with Crippen LogP contribution >= 0.6 is 11.6 Å². The first kappa shape index (κ1) is 9.76. The molecule has 0 N–H and O–H groups in total. The summed E-state index contributed by atoms with van der Waals surface area (Å²) in [7, 11) is 0. The molecule has 0 aliphatic heterocycles. The van der Waals surface area contributed by atoms with Gasteiger partial charge in [-0.25, -0.2) is 0 Å². The van der Waals surface area contributed by atoms with E-state index >= 15 is 0 Å². The summed E-state index contributed by atoms with van der Waals surface area (Å²) in [4.78, 5) is 10.8. The third kappa shape index (κ3) is 2.57. The summed E-state index contributed by atoms with van der Waals surface area (Å²) in [6.07, 6.45) is 0.366. The molecule has 2 nitrogen and oxygen atoms in total. The van der Waals surface area contributed by atoms with Gasteiger partial charge in [0, 0.05) is 6.42 Å². The van der Waals surface area contributed by atoms with Crippen LogP contribution in [0, 0.1) is 11.3 Å². The number of carbonyl (C=O) groups is 1.